The zero-order valence-electron chi connectivity index (χ0n) is 11.4. The van der Waals surface area contributed by atoms with Gasteiger partial charge in [-0.05, 0) is 32.0 Å². The first-order valence-electron chi connectivity index (χ1n) is 6.34. The van der Waals surface area contributed by atoms with Gasteiger partial charge in [0, 0.05) is 17.1 Å². The molecular formula is C14H17N3O2S. The number of anilines is 1. The van der Waals surface area contributed by atoms with Crippen molar-refractivity contribution in [2.75, 3.05) is 12.3 Å². The van der Waals surface area contributed by atoms with E-state index in [4.69, 9.17) is 10.5 Å². The van der Waals surface area contributed by atoms with Crippen molar-refractivity contribution in [3.63, 3.8) is 0 Å². The maximum absolute atomic E-state index is 12.1. The zero-order valence-corrected chi connectivity index (χ0v) is 12.2. The molecule has 0 fully saturated rings. The molecule has 0 aliphatic rings. The number of thiazole rings is 1. The van der Waals surface area contributed by atoms with E-state index in [0.717, 1.165) is 5.01 Å². The smallest absolute Gasteiger partial charge is 0.251 e. The molecule has 0 saturated heterocycles. The minimum Gasteiger partial charge on any atom is -0.492 e. The largest absolute Gasteiger partial charge is 0.492 e. The Labute approximate surface area is 121 Å². The van der Waals surface area contributed by atoms with Gasteiger partial charge in [0.25, 0.3) is 5.91 Å². The van der Waals surface area contributed by atoms with E-state index in [2.05, 4.69) is 10.3 Å². The van der Waals surface area contributed by atoms with Crippen LogP contribution in [0.4, 0.5) is 5.69 Å². The van der Waals surface area contributed by atoms with Crippen molar-refractivity contribution in [2.24, 2.45) is 0 Å². The van der Waals surface area contributed by atoms with Crippen molar-refractivity contribution in [3.8, 4) is 5.75 Å². The van der Waals surface area contributed by atoms with Crippen LogP contribution in [0.1, 0.15) is 35.3 Å². The minimum absolute atomic E-state index is 0.129. The fourth-order valence-corrected chi connectivity index (χ4v) is 2.41. The number of benzene rings is 1. The number of nitrogens with two attached hydrogens (primary N) is 1. The lowest BCUT2D eigenvalue weighted by atomic mass is 10.1. The van der Waals surface area contributed by atoms with Crippen molar-refractivity contribution < 1.29 is 9.53 Å². The van der Waals surface area contributed by atoms with Gasteiger partial charge in [0.2, 0.25) is 0 Å². The van der Waals surface area contributed by atoms with E-state index in [1.807, 2.05) is 19.2 Å². The maximum Gasteiger partial charge on any atom is 0.251 e. The summed E-state index contributed by atoms with van der Waals surface area (Å²) in [6.07, 6.45) is 1.72. The number of carbonyl (C=O) groups excluding carboxylic acids is 1. The molecular weight excluding hydrogens is 274 g/mol. The second kappa shape index (κ2) is 6.38. The molecule has 0 radical (unpaired) electrons. The Bertz CT molecular complexity index is 584. The molecule has 6 heteroatoms. The van der Waals surface area contributed by atoms with E-state index < -0.39 is 0 Å². The number of hydrogen-bond donors (Lipinski definition) is 2. The van der Waals surface area contributed by atoms with Crippen molar-refractivity contribution >= 4 is 22.9 Å². The number of nitrogens with zero attached hydrogens (tertiary/aromatic N) is 1. The standard InChI is InChI=1S/C14H17N3O2S/c1-3-19-12-5-4-10(8-11(12)15)13(18)17-9(2)14-16-6-7-20-14/h4-9H,3,15H2,1-2H3,(H,17,18). The summed E-state index contributed by atoms with van der Waals surface area (Å²) in [6, 6.07) is 4.90. The highest BCUT2D eigenvalue weighted by Crippen LogP contribution is 2.23. The van der Waals surface area contributed by atoms with Crippen molar-refractivity contribution in [3.05, 3.63) is 40.3 Å². The van der Waals surface area contributed by atoms with Crippen LogP contribution in [0.5, 0.6) is 5.75 Å². The highest BCUT2D eigenvalue weighted by molar-refractivity contribution is 7.09. The van der Waals surface area contributed by atoms with E-state index >= 15 is 0 Å². The fourth-order valence-electron chi connectivity index (χ4n) is 1.77. The van der Waals surface area contributed by atoms with Gasteiger partial charge in [0.1, 0.15) is 10.8 Å². The molecule has 2 rings (SSSR count). The monoisotopic (exact) mass is 291 g/mol. The first-order valence-corrected chi connectivity index (χ1v) is 7.22. The van der Waals surface area contributed by atoms with Crippen molar-refractivity contribution in [1.82, 2.24) is 10.3 Å². The van der Waals surface area contributed by atoms with Crippen molar-refractivity contribution in [1.29, 1.82) is 0 Å². The lowest BCUT2D eigenvalue weighted by Gasteiger charge is -2.12. The lowest BCUT2D eigenvalue weighted by molar-refractivity contribution is 0.0940. The summed E-state index contributed by atoms with van der Waals surface area (Å²) in [5.74, 6) is 0.416. The molecule has 1 heterocycles. The molecule has 5 nitrogen and oxygen atoms in total. The summed E-state index contributed by atoms with van der Waals surface area (Å²) in [5, 5.41) is 5.64. The first kappa shape index (κ1) is 14.3. The summed E-state index contributed by atoms with van der Waals surface area (Å²) in [4.78, 5) is 16.3. The number of carbonyl (C=O) groups is 1. The van der Waals surface area contributed by atoms with E-state index in [1.54, 1.807) is 24.4 Å². The average Bonchev–Trinajstić information content (AvgIpc) is 2.95. The third-order valence-electron chi connectivity index (χ3n) is 2.74. The predicted molar refractivity (Wildman–Crippen MR) is 80.0 cm³/mol. The molecule has 2 aromatic rings. The van der Waals surface area contributed by atoms with Gasteiger partial charge in [-0.15, -0.1) is 11.3 Å². The topological polar surface area (TPSA) is 77.2 Å². The van der Waals surface area contributed by atoms with Gasteiger partial charge in [-0.1, -0.05) is 0 Å². The molecule has 0 bridgehead atoms. The Kier molecular flexibility index (Phi) is 4.57. The van der Waals surface area contributed by atoms with Gasteiger partial charge >= 0.3 is 0 Å². The first-order chi connectivity index (χ1) is 9.61. The summed E-state index contributed by atoms with van der Waals surface area (Å²) < 4.78 is 5.35. The Hall–Kier alpha value is -2.08. The Morgan fingerprint density at radius 2 is 2.35 bits per heavy atom. The minimum atomic E-state index is -0.178. The molecule has 20 heavy (non-hydrogen) atoms. The normalized spacial score (nSPS) is 11.9. The Balaban J connectivity index is 2.07. The van der Waals surface area contributed by atoms with Crippen LogP contribution in [-0.2, 0) is 0 Å². The van der Waals surface area contributed by atoms with Crippen LogP contribution in [-0.4, -0.2) is 17.5 Å². The second-order valence-corrected chi connectivity index (χ2v) is 5.18. The number of rotatable bonds is 5. The molecule has 0 aliphatic carbocycles. The van der Waals surface area contributed by atoms with Crippen LogP contribution < -0.4 is 15.8 Å². The SMILES string of the molecule is CCOc1ccc(C(=O)NC(C)c2nccs2)cc1N. The number of amides is 1. The zero-order chi connectivity index (χ0) is 14.5. The number of ether oxygens (including phenoxy) is 1. The number of hydrogen-bond acceptors (Lipinski definition) is 5. The molecule has 3 N–H and O–H groups in total. The fraction of sp³-hybridized carbons (Fsp3) is 0.286. The molecule has 106 valence electrons. The van der Waals surface area contributed by atoms with Gasteiger partial charge in [-0.25, -0.2) is 4.98 Å². The summed E-state index contributed by atoms with van der Waals surface area (Å²) in [6.45, 7) is 4.32. The number of nitrogen functional groups attached to an aromatic ring is 1. The summed E-state index contributed by atoms with van der Waals surface area (Å²) in [7, 11) is 0. The maximum atomic E-state index is 12.1. The molecule has 1 aromatic carbocycles. The van der Waals surface area contributed by atoms with Gasteiger partial charge in [0.05, 0.1) is 18.3 Å². The summed E-state index contributed by atoms with van der Waals surface area (Å²) >= 11 is 1.51. The van der Waals surface area contributed by atoms with E-state index in [-0.39, 0.29) is 11.9 Å². The van der Waals surface area contributed by atoms with E-state index in [9.17, 15) is 4.79 Å². The highest BCUT2D eigenvalue weighted by atomic mass is 32.1. The quantitative estimate of drug-likeness (QED) is 0.830. The van der Waals surface area contributed by atoms with Crippen LogP contribution in [0.25, 0.3) is 0 Å². The highest BCUT2D eigenvalue weighted by Gasteiger charge is 2.14. The summed E-state index contributed by atoms with van der Waals surface area (Å²) in [5.41, 5.74) is 6.82. The van der Waals surface area contributed by atoms with Crippen LogP contribution in [0.3, 0.4) is 0 Å². The molecule has 0 spiro atoms. The van der Waals surface area contributed by atoms with Crippen molar-refractivity contribution in [2.45, 2.75) is 19.9 Å². The molecule has 0 aliphatic heterocycles. The van der Waals surface area contributed by atoms with Gasteiger partial charge in [0.15, 0.2) is 0 Å². The molecule has 0 saturated carbocycles. The van der Waals surface area contributed by atoms with Gasteiger partial charge in [-0.2, -0.15) is 0 Å². The molecule has 1 atom stereocenters. The second-order valence-electron chi connectivity index (χ2n) is 4.25. The third kappa shape index (κ3) is 3.27. The third-order valence-corrected chi connectivity index (χ3v) is 3.70. The Morgan fingerprint density at radius 3 is 2.95 bits per heavy atom. The molecule has 1 unspecified atom stereocenters. The Morgan fingerprint density at radius 1 is 1.55 bits per heavy atom. The van der Waals surface area contributed by atoms with Crippen LogP contribution in [0.2, 0.25) is 0 Å². The van der Waals surface area contributed by atoms with Gasteiger partial charge in [-0.3, -0.25) is 4.79 Å². The number of nitrogens with one attached hydrogen (secondary N) is 1. The average molecular weight is 291 g/mol. The van der Waals surface area contributed by atoms with Crippen LogP contribution in [0, 0.1) is 0 Å². The van der Waals surface area contributed by atoms with Crippen LogP contribution >= 0.6 is 11.3 Å². The molecule has 1 amide bonds. The van der Waals surface area contributed by atoms with E-state index in [1.165, 1.54) is 11.3 Å². The number of aromatic nitrogens is 1. The van der Waals surface area contributed by atoms with Gasteiger partial charge < -0.3 is 15.8 Å². The van der Waals surface area contributed by atoms with Crippen LogP contribution in [0.15, 0.2) is 29.8 Å². The van der Waals surface area contributed by atoms with E-state index in [0.29, 0.717) is 23.6 Å². The lowest BCUT2D eigenvalue weighted by Crippen LogP contribution is -2.26. The molecule has 1 aromatic heterocycles. The predicted octanol–water partition coefficient (Wildman–Crippen LogP) is 2.62.